The van der Waals surface area contributed by atoms with E-state index in [-0.39, 0.29) is 18.7 Å². The topological polar surface area (TPSA) is 123 Å². The molecule has 1 aliphatic heterocycles. The molecule has 1 unspecified atom stereocenters. The second-order valence-corrected chi connectivity index (χ2v) is 4.41. The minimum absolute atomic E-state index is 0.206. The van der Waals surface area contributed by atoms with E-state index in [9.17, 15) is 9.90 Å². The van der Waals surface area contributed by atoms with E-state index in [1.165, 1.54) is 12.3 Å². The maximum Gasteiger partial charge on any atom is 0.252 e. The summed E-state index contributed by atoms with van der Waals surface area (Å²) in [5.74, 6) is -0.302. The first-order chi connectivity index (χ1) is 8.50. The van der Waals surface area contributed by atoms with Crippen molar-refractivity contribution in [3.05, 3.63) is 17.8 Å². The van der Waals surface area contributed by atoms with E-state index in [4.69, 9.17) is 16.2 Å². The molecular weight excluding hydrogens is 236 g/mol. The van der Waals surface area contributed by atoms with Gasteiger partial charge in [-0.05, 0) is 6.07 Å². The molecule has 1 atom stereocenters. The van der Waals surface area contributed by atoms with E-state index in [0.717, 1.165) is 0 Å². The number of ether oxygens (including phenoxy) is 1. The molecule has 7 heteroatoms. The monoisotopic (exact) mass is 252 g/mol. The Labute approximate surface area is 104 Å². The zero-order valence-electron chi connectivity index (χ0n) is 9.85. The van der Waals surface area contributed by atoms with Gasteiger partial charge in [0.05, 0.1) is 24.1 Å². The molecule has 1 amide bonds. The van der Waals surface area contributed by atoms with E-state index in [1.807, 2.05) is 0 Å². The molecule has 2 heterocycles. The zero-order chi connectivity index (χ0) is 13.2. The van der Waals surface area contributed by atoms with Crippen LogP contribution in [0.25, 0.3) is 0 Å². The molecule has 98 valence electrons. The number of amides is 1. The highest BCUT2D eigenvalue weighted by Gasteiger charge is 2.32. The maximum absolute atomic E-state index is 11.2. The van der Waals surface area contributed by atoms with E-state index < -0.39 is 11.5 Å². The quantitative estimate of drug-likeness (QED) is 0.563. The van der Waals surface area contributed by atoms with Crippen LogP contribution in [0.15, 0.2) is 12.3 Å². The number of nitrogens with one attached hydrogen (secondary N) is 1. The van der Waals surface area contributed by atoms with Gasteiger partial charge in [-0.2, -0.15) is 0 Å². The standard InChI is InChI=1S/C11H16N4O3/c12-7-3-8(9(13)16)10(14-4-7)15-5-11(17)1-2-18-6-11/h3-4,17H,1-2,5-6,12H2,(H2,13,16)(H,14,15). The Hall–Kier alpha value is -1.86. The van der Waals surface area contributed by atoms with Crippen molar-refractivity contribution in [1.29, 1.82) is 0 Å². The van der Waals surface area contributed by atoms with E-state index in [2.05, 4.69) is 10.3 Å². The van der Waals surface area contributed by atoms with Crippen molar-refractivity contribution in [3.63, 3.8) is 0 Å². The van der Waals surface area contributed by atoms with Crippen molar-refractivity contribution >= 4 is 17.4 Å². The van der Waals surface area contributed by atoms with Gasteiger partial charge in [-0.1, -0.05) is 0 Å². The lowest BCUT2D eigenvalue weighted by Crippen LogP contribution is -2.37. The number of primary amides is 1. The molecule has 18 heavy (non-hydrogen) atoms. The number of anilines is 2. The highest BCUT2D eigenvalue weighted by molar-refractivity contribution is 5.98. The Balaban J connectivity index is 2.11. The van der Waals surface area contributed by atoms with Crippen LogP contribution >= 0.6 is 0 Å². The van der Waals surface area contributed by atoms with Gasteiger partial charge in [0.1, 0.15) is 11.4 Å². The van der Waals surface area contributed by atoms with Crippen molar-refractivity contribution in [2.75, 3.05) is 30.8 Å². The fourth-order valence-electron chi connectivity index (χ4n) is 1.79. The Bertz CT molecular complexity index is 458. The number of aliphatic hydroxyl groups is 1. The van der Waals surface area contributed by atoms with Crippen LogP contribution in [0.1, 0.15) is 16.8 Å². The highest BCUT2D eigenvalue weighted by Crippen LogP contribution is 2.20. The summed E-state index contributed by atoms with van der Waals surface area (Å²) in [6.07, 6.45) is 1.96. The summed E-state index contributed by atoms with van der Waals surface area (Å²) in [6, 6.07) is 1.45. The number of carbonyl (C=O) groups is 1. The summed E-state index contributed by atoms with van der Waals surface area (Å²) in [7, 11) is 0. The number of aromatic nitrogens is 1. The number of nitrogens with two attached hydrogens (primary N) is 2. The average Bonchev–Trinajstić information content (AvgIpc) is 2.75. The van der Waals surface area contributed by atoms with Crippen LogP contribution in [0.3, 0.4) is 0 Å². The maximum atomic E-state index is 11.2. The van der Waals surface area contributed by atoms with Crippen LogP contribution in [0, 0.1) is 0 Å². The second kappa shape index (κ2) is 4.79. The van der Waals surface area contributed by atoms with Gasteiger partial charge in [-0.3, -0.25) is 4.79 Å². The van der Waals surface area contributed by atoms with Gasteiger partial charge >= 0.3 is 0 Å². The summed E-state index contributed by atoms with van der Waals surface area (Å²) in [4.78, 5) is 15.3. The molecule has 0 saturated carbocycles. The van der Waals surface area contributed by atoms with Crippen LogP contribution in [0.2, 0.25) is 0 Å². The SMILES string of the molecule is NC(=O)c1cc(N)cnc1NCC1(O)CCOC1. The Morgan fingerprint density at radius 3 is 3.06 bits per heavy atom. The molecule has 0 radical (unpaired) electrons. The molecule has 7 nitrogen and oxygen atoms in total. The van der Waals surface area contributed by atoms with Crippen molar-refractivity contribution in [1.82, 2.24) is 4.98 Å². The van der Waals surface area contributed by atoms with Crippen LogP contribution < -0.4 is 16.8 Å². The number of nitrogens with zero attached hydrogens (tertiary/aromatic N) is 1. The molecule has 2 rings (SSSR count). The normalized spacial score (nSPS) is 22.9. The first-order valence-electron chi connectivity index (χ1n) is 5.59. The molecule has 0 aliphatic carbocycles. The number of rotatable bonds is 4. The van der Waals surface area contributed by atoms with Gasteiger partial charge in [-0.15, -0.1) is 0 Å². The van der Waals surface area contributed by atoms with E-state index in [0.29, 0.717) is 24.5 Å². The van der Waals surface area contributed by atoms with Crippen LogP contribution in [-0.4, -0.2) is 41.4 Å². The number of carbonyl (C=O) groups excluding carboxylic acids is 1. The Morgan fingerprint density at radius 1 is 1.67 bits per heavy atom. The third kappa shape index (κ3) is 2.69. The molecule has 1 aromatic heterocycles. The summed E-state index contributed by atoms with van der Waals surface area (Å²) >= 11 is 0. The first kappa shape index (κ1) is 12.6. The van der Waals surface area contributed by atoms with Crippen LogP contribution in [0.4, 0.5) is 11.5 Å². The minimum Gasteiger partial charge on any atom is -0.397 e. The third-order valence-electron chi connectivity index (χ3n) is 2.84. The lowest BCUT2D eigenvalue weighted by Gasteiger charge is -2.21. The summed E-state index contributed by atoms with van der Waals surface area (Å²) in [6.45, 7) is 1.03. The van der Waals surface area contributed by atoms with Gasteiger partial charge < -0.3 is 26.6 Å². The van der Waals surface area contributed by atoms with Crippen LogP contribution in [-0.2, 0) is 4.74 Å². The molecular formula is C11H16N4O3. The smallest absolute Gasteiger partial charge is 0.252 e. The van der Waals surface area contributed by atoms with Crippen molar-refractivity contribution in [2.24, 2.45) is 5.73 Å². The number of pyridine rings is 1. The number of nitrogen functional groups attached to an aromatic ring is 1. The number of hydrogen-bond donors (Lipinski definition) is 4. The molecule has 1 fully saturated rings. The molecule has 1 saturated heterocycles. The lowest BCUT2D eigenvalue weighted by atomic mass is 10.0. The zero-order valence-corrected chi connectivity index (χ0v) is 9.85. The molecule has 1 aromatic rings. The predicted octanol–water partition coefficient (Wildman–Crippen LogP) is -0.674. The first-order valence-corrected chi connectivity index (χ1v) is 5.59. The lowest BCUT2D eigenvalue weighted by molar-refractivity contribution is 0.0381. The third-order valence-corrected chi connectivity index (χ3v) is 2.84. The molecule has 1 aliphatic rings. The van der Waals surface area contributed by atoms with E-state index >= 15 is 0 Å². The minimum atomic E-state index is -0.933. The van der Waals surface area contributed by atoms with Gasteiger partial charge in [0.2, 0.25) is 0 Å². The molecule has 6 N–H and O–H groups in total. The van der Waals surface area contributed by atoms with Crippen molar-refractivity contribution in [3.8, 4) is 0 Å². The fourth-order valence-corrected chi connectivity index (χ4v) is 1.79. The predicted molar refractivity (Wildman–Crippen MR) is 66.0 cm³/mol. The van der Waals surface area contributed by atoms with E-state index in [1.54, 1.807) is 0 Å². The summed E-state index contributed by atoms with van der Waals surface area (Å²) in [5.41, 5.74) is 10.4. The fraction of sp³-hybridized carbons (Fsp3) is 0.455. The van der Waals surface area contributed by atoms with Crippen LogP contribution in [0.5, 0.6) is 0 Å². The Kier molecular flexibility index (Phi) is 3.35. The van der Waals surface area contributed by atoms with Gasteiger partial charge in [0, 0.05) is 19.6 Å². The summed E-state index contributed by atoms with van der Waals surface area (Å²) < 4.78 is 5.12. The number of hydrogen-bond acceptors (Lipinski definition) is 6. The van der Waals surface area contributed by atoms with Gasteiger partial charge in [0.25, 0.3) is 5.91 Å². The second-order valence-electron chi connectivity index (χ2n) is 4.41. The molecule has 0 bridgehead atoms. The van der Waals surface area contributed by atoms with Gasteiger partial charge in [0.15, 0.2) is 0 Å². The molecule has 0 spiro atoms. The largest absolute Gasteiger partial charge is 0.397 e. The Morgan fingerprint density at radius 2 is 2.44 bits per heavy atom. The van der Waals surface area contributed by atoms with Crippen molar-refractivity contribution < 1.29 is 14.6 Å². The van der Waals surface area contributed by atoms with Gasteiger partial charge in [-0.25, -0.2) is 4.98 Å². The highest BCUT2D eigenvalue weighted by atomic mass is 16.5. The molecule has 0 aromatic carbocycles. The average molecular weight is 252 g/mol. The summed E-state index contributed by atoms with van der Waals surface area (Å²) in [5, 5.41) is 13.0. The van der Waals surface area contributed by atoms with Crippen molar-refractivity contribution in [2.45, 2.75) is 12.0 Å².